The summed E-state index contributed by atoms with van der Waals surface area (Å²) < 4.78 is 5.40. The molecule has 5 heteroatoms. The van der Waals surface area contributed by atoms with Crippen LogP contribution in [0.25, 0.3) is 21.9 Å². The summed E-state index contributed by atoms with van der Waals surface area (Å²) in [5.74, 6) is 1.15. The third-order valence-corrected chi connectivity index (χ3v) is 5.54. The molecule has 0 spiro atoms. The van der Waals surface area contributed by atoms with E-state index in [1.165, 1.54) is 32.1 Å². The minimum atomic E-state index is -0.399. The zero-order valence-corrected chi connectivity index (χ0v) is 15.6. The van der Waals surface area contributed by atoms with Gasteiger partial charge in [0.05, 0.1) is 10.9 Å². The molecular weight excluding hydrogens is 340 g/mol. The number of anilines is 1. The van der Waals surface area contributed by atoms with E-state index in [0.29, 0.717) is 34.6 Å². The summed E-state index contributed by atoms with van der Waals surface area (Å²) in [7, 11) is 0. The van der Waals surface area contributed by atoms with E-state index in [2.05, 4.69) is 10.3 Å². The fourth-order valence-corrected chi connectivity index (χ4v) is 4.11. The Balaban J connectivity index is 1.59. The molecule has 5 nitrogen and oxygen atoms in total. The summed E-state index contributed by atoms with van der Waals surface area (Å²) in [6.45, 7) is 1.84. The van der Waals surface area contributed by atoms with E-state index in [9.17, 15) is 9.59 Å². The Labute approximate surface area is 157 Å². The minimum absolute atomic E-state index is 0.0147. The van der Waals surface area contributed by atoms with Gasteiger partial charge in [0.2, 0.25) is 5.91 Å². The molecule has 0 unspecified atom stereocenters. The number of amides is 1. The third kappa shape index (κ3) is 3.72. The Kier molecular flexibility index (Phi) is 4.92. The number of rotatable bonds is 4. The van der Waals surface area contributed by atoms with Gasteiger partial charge in [0, 0.05) is 11.8 Å². The van der Waals surface area contributed by atoms with Gasteiger partial charge in [0.1, 0.15) is 11.4 Å². The number of aromatic nitrogens is 1. The molecule has 2 aromatic heterocycles. The van der Waals surface area contributed by atoms with Gasteiger partial charge in [-0.3, -0.25) is 4.79 Å². The van der Waals surface area contributed by atoms with E-state index < -0.39 is 5.63 Å². The highest BCUT2D eigenvalue weighted by molar-refractivity contribution is 6.04. The van der Waals surface area contributed by atoms with E-state index in [0.717, 1.165) is 17.4 Å². The molecule has 1 aliphatic carbocycles. The van der Waals surface area contributed by atoms with Crippen LogP contribution in [-0.4, -0.2) is 10.9 Å². The van der Waals surface area contributed by atoms with Gasteiger partial charge in [-0.25, -0.2) is 9.78 Å². The Morgan fingerprint density at radius 1 is 1.22 bits per heavy atom. The summed E-state index contributed by atoms with van der Waals surface area (Å²) >= 11 is 0. The van der Waals surface area contributed by atoms with Crippen molar-refractivity contribution in [2.45, 2.75) is 51.9 Å². The number of benzene rings is 1. The van der Waals surface area contributed by atoms with Crippen LogP contribution >= 0.6 is 0 Å². The number of carbonyl (C=O) groups is 1. The van der Waals surface area contributed by atoms with Gasteiger partial charge < -0.3 is 9.73 Å². The standard InChI is InChI=1S/C22H24N2O3/c1-14-13-18(23-19(25)12-11-15-7-3-2-4-8-15)24-21-16-9-5-6-10-17(16)27-22(26)20(14)21/h5-6,9-10,13,15H,2-4,7-8,11-12H2,1H3,(H,23,24,25). The van der Waals surface area contributed by atoms with E-state index in [1.54, 1.807) is 12.1 Å². The van der Waals surface area contributed by atoms with Crippen molar-refractivity contribution in [3.8, 4) is 0 Å². The second kappa shape index (κ2) is 7.51. The second-order valence-corrected chi connectivity index (χ2v) is 7.52. The highest BCUT2D eigenvalue weighted by atomic mass is 16.4. The normalized spacial score (nSPS) is 15.3. The molecule has 140 valence electrons. The fraction of sp³-hybridized carbons (Fsp3) is 0.409. The molecule has 4 rings (SSSR count). The molecule has 0 saturated heterocycles. The van der Waals surface area contributed by atoms with Gasteiger partial charge >= 0.3 is 5.63 Å². The first-order valence-electron chi connectivity index (χ1n) is 9.75. The van der Waals surface area contributed by atoms with Crippen molar-refractivity contribution in [1.82, 2.24) is 4.98 Å². The molecule has 3 aromatic rings. The maximum Gasteiger partial charge on any atom is 0.346 e. The van der Waals surface area contributed by atoms with Crippen LogP contribution in [0.3, 0.4) is 0 Å². The first kappa shape index (κ1) is 17.7. The number of nitrogens with zero attached hydrogens (tertiary/aromatic N) is 1. The lowest BCUT2D eigenvalue weighted by Gasteiger charge is -2.21. The van der Waals surface area contributed by atoms with E-state index in [-0.39, 0.29) is 5.91 Å². The SMILES string of the molecule is Cc1cc(NC(=O)CCC2CCCCC2)nc2c1c(=O)oc1ccccc12. The van der Waals surface area contributed by atoms with Crippen LogP contribution in [0.15, 0.2) is 39.5 Å². The maximum atomic E-state index is 12.4. The molecule has 0 bridgehead atoms. The smallest absolute Gasteiger partial charge is 0.346 e. The summed E-state index contributed by atoms with van der Waals surface area (Å²) in [6, 6.07) is 9.08. The zero-order valence-electron chi connectivity index (χ0n) is 15.6. The van der Waals surface area contributed by atoms with E-state index in [1.807, 2.05) is 25.1 Å². The van der Waals surface area contributed by atoms with Crippen LogP contribution in [0.5, 0.6) is 0 Å². The highest BCUT2D eigenvalue weighted by Gasteiger charge is 2.16. The largest absolute Gasteiger partial charge is 0.422 e. The van der Waals surface area contributed by atoms with Crippen molar-refractivity contribution in [3.63, 3.8) is 0 Å². The molecule has 0 radical (unpaired) electrons. The average Bonchev–Trinajstić information content (AvgIpc) is 2.67. The van der Waals surface area contributed by atoms with Crippen molar-refractivity contribution < 1.29 is 9.21 Å². The van der Waals surface area contributed by atoms with Gasteiger partial charge in [0.15, 0.2) is 0 Å². The van der Waals surface area contributed by atoms with E-state index in [4.69, 9.17) is 4.42 Å². The Bertz CT molecular complexity index is 1050. The maximum absolute atomic E-state index is 12.4. The van der Waals surface area contributed by atoms with Crippen LogP contribution in [0.2, 0.25) is 0 Å². The van der Waals surface area contributed by atoms with Crippen molar-refractivity contribution in [3.05, 3.63) is 46.3 Å². The number of carbonyl (C=O) groups excluding carboxylic acids is 1. The number of pyridine rings is 1. The third-order valence-electron chi connectivity index (χ3n) is 5.54. The lowest BCUT2D eigenvalue weighted by Crippen LogP contribution is -2.16. The van der Waals surface area contributed by atoms with Crippen LogP contribution in [-0.2, 0) is 4.79 Å². The van der Waals surface area contributed by atoms with Gasteiger partial charge in [-0.2, -0.15) is 0 Å². The number of aryl methyl sites for hydroxylation is 1. The van der Waals surface area contributed by atoms with Gasteiger partial charge in [-0.05, 0) is 43.0 Å². The Morgan fingerprint density at radius 3 is 2.81 bits per heavy atom. The van der Waals surface area contributed by atoms with E-state index >= 15 is 0 Å². The molecule has 2 heterocycles. The molecule has 0 aliphatic heterocycles. The first-order valence-corrected chi connectivity index (χ1v) is 9.75. The summed E-state index contributed by atoms with van der Waals surface area (Å²) in [5, 5.41) is 4.15. The molecule has 1 N–H and O–H groups in total. The minimum Gasteiger partial charge on any atom is -0.422 e. The highest BCUT2D eigenvalue weighted by Crippen LogP contribution is 2.28. The molecule has 1 amide bonds. The van der Waals surface area contributed by atoms with Crippen molar-refractivity contribution in [2.24, 2.45) is 5.92 Å². The number of nitrogens with one attached hydrogen (secondary N) is 1. The summed E-state index contributed by atoms with van der Waals surface area (Å²) in [5.41, 5.74) is 1.43. The van der Waals surface area contributed by atoms with Crippen LogP contribution in [0.4, 0.5) is 5.82 Å². The molecule has 0 atom stereocenters. The van der Waals surface area contributed by atoms with Gasteiger partial charge in [-0.1, -0.05) is 44.2 Å². The first-order chi connectivity index (χ1) is 13.1. The lowest BCUT2D eigenvalue weighted by atomic mass is 9.86. The number of para-hydroxylation sites is 1. The van der Waals surface area contributed by atoms with Gasteiger partial charge in [0.25, 0.3) is 0 Å². The second-order valence-electron chi connectivity index (χ2n) is 7.52. The number of hydrogen-bond acceptors (Lipinski definition) is 4. The van der Waals surface area contributed by atoms with Crippen molar-refractivity contribution >= 4 is 33.6 Å². The van der Waals surface area contributed by atoms with Gasteiger partial charge in [-0.15, -0.1) is 0 Å². The predicted octanol–water partition coefficient (Wildman–Crippen LogP) is 4.95. The molecule has 1 saturated carbocycles. The molecule has 1 aliphatic rings. The molecule has 1 aromatic carbocycles. The molecule has 27 heavy (non-hydrogen) atoms. The van der Waals surface area contributed by atoms with Crippen molar-refractivity contribution in [2.75, 3.05) is 5.32 Å². The van der Waals surface area contributed by atoms with Crippen molar-refractivity contribution in [1.29, 1.82) is 0 Å². The summed E-state index contributed by atoms with van der Waals surface area (Å²) in [6.07, 6.45) is 7.82. The fourth-order valence-electron chi connectivity index (χ4n) is 4.11. The number of fused-ring (bicyclic) bond motifs is 3. The summed E-state index contributed by atoms with van der Waals surface area (Å²) in [4.78, 5) is 29.3. The monoisotopic (exact) mass is 364 g/mol. The predicted molar refractivity (Wildman–Crippen MR) is 107 cm³/mol. The Morgan fingerprint density at radius 2 is 2.00 bits per heavy atom. The average molecular weight is 364 g/mol. The number of hydrogen-bond donors (Lipinski definition) is 1. The molecule has 1 fully saturated rings. The quantitative estimate of drug-likeness (QED) is 0.525. The van der Waals surface area contributed by atoms with Crippen LogP contribution < -0.4 is 10.9 Å². The topological polar surface area (TPSA) is 72.2 Å². The molecular formula is C22H24N2O3. The Hall–Kier alpha value is -2.69. The van der Waals surface area contributed by atoms with Crippen LogP contribution in [0.1, 0.15) is 50.5 Å². The zero-order chi connectivity index (χ0) is 18.8. The lowest BCUT2D eigenvalue weighted by molar-refractivity contribution is -0.116. The van der Waals surface area contributed by atoms with Crippen LogP contribution in [0, 0.1) is 12.8 Å².